The first-order valence-corrected chi connectivity index (χ1v) is 8.89. The van der Waals surface area contributed by atoms with Gasteiger partial charge in [-0.05, 0) is 37.6 Å². The summed E-state index contributed by atoms with van der Waals surface area (Å²) in [6.07, 6.45) is 2.40. The second-order valence-corrected chi connectivity index (χ2v) is 6.29. The van der Waals surface area contributed by atoms with Crippen molar-refractivity contribution in [3.8, 4) is 0 Å². The number of aromatic nitrogens is 2. The number of hydrogen-bond acceptors (Lipinski definition) is 5. The smallest absolute Gasteiger partial charge is 0.408 e. The molecule has 0 aliphatic rings. The second-order valence-electron chi connectivity index (χ2n) is 6.29. The molecule has 0 aliphatic heterocycles. The fraction of sp³-hybridized carbons (Fsp3) is 0.350. The van der Waals surface area contributed by atoms with E-state index in [0.29, 0.717) is 30.7 Å². The van der Waals surface area contributed by atoms with Crippen LogP contribution in [0, 0.1) is 0 Å². The highest BCUT2D eigenvalue weighted by molar-refractivity contribution is 5.80. The summed E-state index contributed by atoms with van der Waals surface area (Å²) in [6, 6.07) is 12.5. The van der Waals surface area contributed by atoms with E-state index < -0.39 is 5.76 Å². The summed E-state index contributed by atoms with van der Waals surface area (Å²) in [4.78, 5) is 31.4. The number of fused-ring (bicyclic) bond motifs is 1. The number of oxazole rings is 1. The Morgan fingerprint density at radius 1 is 1.26 bits per heavy atom. The minimum absolute atomic E-state index is 0.0833. The molecule has 0 fully saturated rings. The maximum atomic E-state index is 13.1. The molecular formula is C20H23N3O4. The SMILES string of the molecule is COCCCN(C(=O)Cn1c(=O)oc2ccccc21)C(C)c1ccccn1. The molecule has 3 rings (SSSR count). The molecule has 0 aliphatic carbocycles. The van der Waals surface area contributed by atoms with Crippen LogP contribution in [0.4, 0.5) is 0 Å². The van der Waals surface area contributed by atoms with Crippen LogP contribution in [0.15, 0.2) is 57.9 Å². The van der Waals surface area contributed by atoms with Crippen LogP contribution in [0.5, 0.6) is 0 Å². The molecule has 2 heterocycles. The quantitative estimate of drug-likeness (QED) is 0.571. The molecule has 27 heavy (non-hydrogen) atoms. The first-order chi connectivity index (χ1) is 13.1. The first-order valence-electron chi connectivity index (χ1n) is 8.89. The summed E-state index contributed by atoms with van der Waals surface area (Å²) in [5, 5.41) is 0. The minimum Gasteiger partial charge on any atom is -0.408 e. The molecule has 0 radical (unpaired) electrons. The molecule has 0 bridgehead atoms. The minimum atomic E-state index is -0.535. The van der Waals surface area contributed by atoms with Crippen LogP contribution in [0.2, 0.25) is 0 Å². The number of ether oxygens (including phenoxy) is 1. The molecule has 1 atom stereocenters. The highest BCUT2D eigenvalue weighted by atomic mass is 16.5. The molecular weight excluding hydrogens is 346 g/mol. The first kappa shape index (κ1) is 18.8. The van der Waals surface area contributed by atoms with Crippen molar-refractivity contribution < 1.29 is 13.9 Å². The Hall–Kier alpha value is -2.93. The van der Waals surface area contributed by atoms with Crippen molar-refractivity contribution in [1.29, 1.82) is 0 Å². The summed E-state index contributed by atoms with van der Waals surface area (Å²) >= 11 is 0. The van der Waals surface area contributed by atoms with E-state index in [2.05, 4.69) is 4.98 Å². The zero-order valence-corrected chi connectivity index (χ0v) is 15.5. The molecule has 0 saturated heterocycles. The molecule has 2 aromatic heterocycles. The van der Waals surface area contributed by atoms with Gasteiger partial charge < -0.3 is 14.1 Å². The summed E-state index contributed by atoms with van der Waals surface area (Å²) in [5.74, 6) is -0.704. The largest absolute Gasteiger partial charge is 0.420 e. The number of methoxy groups -OCH3 is 1. The van der Waals surface area contributed by atoms with Crippen molar-refractivity contribution in [3.05, 3.63) is 64.9 Å². The van der Waals surface area contributed by atoms with Gasteiger partial charge in [-0.15, -0.1) is 0 Å². The maximum Gasteiger partial charge on any atom is 0.420 e. The average molecular weight is 369 g/mol. The molecule has 1 unspecified atom stereocenters. The van der Waals surface area contributed by atoms with Crippen LogP contribution < -0.4 is 5.76 Å². The van der Waals surface area contributed by atoms with E-state index in [1.165, 1.54) is 4.57 Å². The lowest BCUT2D eigenvalue weighted by molar-refractivity contribution is -0.134. The number of pyridine rings is 1. The summed E-state index contributed by atoms with van der Waals surface area (Å²) in [7, 11) is 1.63. The highest BCUT2D eigenvalue weighted by Gasteiger charge is 2.24. The maximum absolute atomic E-state index is 13.1. The van der Waals surface area contributed by atoms with Crippen molar-refractivity contribution in [2.45, 2.75) is 25.9 Å². The van der Waals surface area contributed by atoms with Crippen LogP contribution in [0.3, 0.4) is 0 Å². The molecule has 0 N–H and O–H groups in total. The number of nitrogens with zero attached hydrogens (tertiary/aromatic N) is 3. The summed E-state index contributed by atoms with van der Waals surface area (Å²) in [6.45, 7) is 2.91. The van der Waals surface area contributed by atoms with E-state index in [1.807, 2.05) is 31.2 Å². The molecule has 7 nitrogen and oxygen atoms in total. The van der Waals surface area contributed by atoms with E-state index in [9.17, 15) is 9.59 Å². The molecule has 1 aromatic carbocycles. The lowest BCUT2D eigenvalue weighted by atomic mass is 10.1. The van der Waals surface area contributed by atoms with E-state index in [4.69, 9.17) is 9.15 Å². The molecule has 7 heteroatoms. The fourth-order valence-corrected chi connectivity index (χ4v) is 3.09. The Balaban J connectivity index is 1.85. The number of carbonyl (C=O) groups is 1. The third kappa shape index (κ3) is 4.25. The Morgan fingerprint density at radius 3 is 2.78 bits per heavy atom. The number of rotatable bonds is 8. The van der Waals surface area contributed by atoms with Crippen molar-refractivity contribution in [1.82, 2.24) is 14.5 Å². The standard InChI is InChI=1S/C20H23N3O4/c1-15(16-8-5-6-11-21-16)22(12-7-13-26-2)19(24)14-23-17-9-3-4-10-18(17)27-20(23)25/h3-6,8-11,15H,7,12-14H2,1-2H3. The van der Waals surface area contributed by atoms with Gasteiger partial charge in [0.1, 0.15) is 6.54 Å². The zero-order chi connectivity index (χ0) is 19.2. The number of carbonyl (C=O) groups excluding carboxylic acids is 1. The van der Waals surface area contributed by atoms with Gasteiger partial charge in [0.15, 0.2) is 5.58 Å². The Kier molecular flexibility index (Phi) is 6.03. The Labute approximate surface area is 157 Å². The van der Waals surface area contributed by atoms with E-state index in [-0.39, 0.29) is 18.5 Å². The predicted octanol–water partition coefficient (Wildman–Crippen LogP) is 2.62. The van der Waals surface area contributed by atoms with Gasteiger partial charge in [-0.2, -0.15) is 0 Å². The van der Waals surface area contributed by atoms with Gasteiger partial charge in [0.2, 0.25) is 5.91 Å². The highest BCUT2D eigenvalue weighted by Crippen LogP contribution is 2.20. The fourth-order valence-electron chi connectivity index (χ4n) is 3.09. The predicted molar refractivity (Wildman–Crippen MR) is 101 cm³/mol. The lowest BCUT2D eigenvalue weighted by Crippen LogP contribution is -2.38. The third-order valence-electron chi connectivity index (χ3n) is 4.52. The molecule has 1 amide bonds. The summed E-state index contributed by atoms with van der Waals surface area (Å²) < 4.78 is 11.7. The number of amides is 1. The number of hydrogen-bond donors (Lipinski definition) is 0. The zero-order valence-electron chi connectivity index (χ0n) is 15.5. The van der Waals surface area contributed by atoms with E-state index in [0.717, 1.165) is 5.69 Å². The van der Waals surface area contributed by atoms with E-state index in [1.54, 1.807) is 36.4 Å². The van der Waals surface area contributed by atoms with Gasteiger partial charge in [0.05, 0.1) is 17.3 Å². The van der Waals surface area contributed by atoms with Crippen LogP contribution in [0.1, 0.15) is 25.1 Å². The van der Waals surface area contributed by atoms with Crippen LogP contribution in [0.25, 0.3) is 11.1 Å². The van der Waals surface area contributed by atoms with Gasteiger partial charge in [0.25, 0.3) is 0 Å². The Morgan fingerprint density at radius 2 is 2.04 bits per heavy atom. The van der Waals surface area contributed by atoms with Crippen LogP contribution in [-0.2, 0) is 16.1 Å². The number of para-hydroxylation sites is 2. The van der Waals surface area contributed by atoms with Gasteiger partial charge in [-0.3, -0.25) is 14.3 Å². The third-order valence-corrected chi connectivity index (χ3v) is 4.52. The van der Waals surface area contributed by atoms with Crippen molar-refractivity contribution in [3.63, 3.8) is 0 Å². The second kappa shape index (κ2) is 8.64. The molecule has 0 spiro atoms. The molecule has 3 aromatic rings. The van der Waals surface area contributed by atoms with Crippen LogP contribution in [-0.4, -0.2) is 40.6 Å². The monoisotopic (exact) mass is 369 g/mol. The Bertz CT molecular complexity index is 949. The number of benzene rings is 1. The van der Waals surface area contributed by atoms with Crippen molar-refractivity contribution >= 4 is 17.0 Å². The van der Waals surface area contributed by atoms with Crippen molar-refractivity contribution in [2.24, 2.45) is 0 Å². The lowest BCUT2D eigenvalue weighted by Gasteiger charge is -2.29. The molecule has 142 valence electrons. The average Bonchev–Trinajstić information content (AvgIpc) is 3.01. The van der Waals surface area contributed by atoms with Crippen LogP contribution >= 0.6 is 0 Å². The molecule has 0 saturated carbocycles. The summed E-state index contributed by atoms with van der Waals surface area (Å²) in [5.41, 5.74) is 1.88. The van der Waals surface area contributed by atoms with Crippen molar-refractivity contribution in [2.75, 3.05) is 20.3 Å². The van der Waals surface area contributed by atoms with Gasteiger partial charge >= 0.3 is 5.76 Å². The van der Waals surface area contributed by atoms with Gasteiger partial charge in [-0.25, -0.2) is 4.79 Å². The topological polar surface area (TPSA) is 77.6 Å². The van der Waals surface area contributed by atoms with E-state index >= 15 is 0 Å². The normalized spacial score (nSPS) is 12.2. The van der Waals surface area contributed by atoms with Gasteiger partial charge in [-0.1, -0.05) is 18.2 Å². The van der Waals surface area contributed by atoms with Gasteiger partial charge in [0, 0.05) is 26.5 Å².